The quantitative estimate of drug-likeness (QED) is 0.555. The second-order valence-electron chi connectivity index (χ2n) is 7.09. The van der Waals surface area contributed by atoms with E-state index in [0.717, 1.165) is 28.4 Å². The smallest absolute Gasteiger partial charge is 0.254 e. The van der Waals surface area contributed by atoms with Crippen molar-refractivity contribution in [2.24, 2.45) is 0 Å². The van der Waals surface area contributed by atoms with E-state index < -0.39 is 0 Å². The average Bonchev–Trinajstić information content (AvgIpc) is 3.20. The molecule has 152 valence electrons. The van der Waals surface area contributed by atoms with Gasteiger partial charge in [-0.3, -0.25) is 4.79 Å². The first-order valence-electron chi connectivity index (χ1n) is 9.98. The molecule has 29 heavy (non-hydrogen) atoms. The standard InChI is InChI=1S/C22H24FN3O2S/c1-2-3-14-28-17-7-4-6-16(15-17)21(27)25-10-12-26(13-11-25)22-24-20-18(23)8-5-9-19(20)29-22/h4-9,15H,2-3,10-14H2,1H3. The van der Waals surface area contributed by atoms with Gasteiger partial charge in [-0.1, -0.05) is 36.8 Å². The van der Waals surface area contributed by atoms with Crippen LogP contribution in [0.5, 0.6) is 5.75 Å². The van der Waals surface area contributed by atoms with Crippen LogP contribution < -0.4 is 9.64 Å². The number of hydrogen-bond acceptors (Lipinski definition) is 5. The molecule has 1 fully saturated rings. The molecule has 0 atom stereocenters. The molecule has 3 aromatic rings. The molecule has 0 unspecified atom stereocenters. The third-order valence-electron chi connectivity index (χ3n) is 5.04. The van der Waals surface area contributed by atoms with Gasteiger partial charge in [0.15, 0.2) is 5.13 Å². The van der Waals surface area contributed by atoms with Crippen LogP contribution in [0.2, 0.25) is 0 Å². The van der Waals surface area contributed by atoms with Crippen LogP contribution in [0, 0.1) is 5.82 Å². The van der Waals surface area contributed by atoms with Crippen LogP contribution in [0.3, 0.4) is 0 Å². The number of benzene rings is 2. The molecule has 1 aromatic heterocycles. The van der Waals surface area contributed by atoms with Gasteiger partial charge < -0.3 is 14.5 Å². The van der Waals surface area contributed by atoms with Crippen molar-refractivity contribution in [2.75, 3.05) is 37.7 Å². The summed E-state index contributed by atoms with van der Waals surface area (Å²) in [6.07, 6.45) is 2.07. The van der Waals surface area contributed by atoms with Gasteiger partial charge in [0, 0.05) is 31.7 Å². The van der Waals surface area contributed by atoms with Gasteiger partial charge in [-0.2, -0.15) is 0 Å². The predicted octanol–water partition coefficient (Wildman–Crippen LogP) is 4.58. The van der Waals surface area contributed by atoms with Crippen LogP contribution in [0.15, 0.2) is 42.5 Å². The Bertz CT molecular complexity index is 999. The number of rotatable bonds is 6. The van der Waals surface area contributed by atoms with Crippen LogP contribution in [-0.2, 0) is 0 Å². The van der Waals surface area contributed by atoms with Gasteiger partial charge in [-0.05, 0) is 36.8 Å². The van der Waals surface area contributed by atoms with E-state index in [0.29, 0.717) is 43.9 Å². The zero-order chi connectivity index (χ0) is 20.2. The average molecular weight is 414 g/mol. The van der Waals surface area contributed by atoms with Crippen LogP contribution in [-0.4, -0.2) is 48.6 Å². The molecule has 0 bridgehead atoms. The van der Waals surface area contributed by atoms with E-state index in [1.807, 2.05) is 35.2 Å². The SMILES string of the molecule is CCCCOc1cccc(C(=O)N2CCN(c3nc4c(F)cccc4s3)CC2)c1. The van der Waals surface area contributed by atoms with E-state index in [1.54, 1.807) is 6.07 Å². The summed E-state index contributed by atoms with van der Waals surface area (Å²) in [6.45, 7) is 5.36. The third-order valence-corrected chi connectivity index (χ3v) is 6.12. The van der Waals surface area contributed by atoms with Crippen LogP contribution >= 0.6 is 11.3 Å². The van der Waals surface area contributed by atoms with Crippen LogP contribution in [0.1, 0.15) is 30.1 Å². The molecule has 0 spiro atoms. The number of thiazole rings is 1. The number of amides is 1. The van der Waals surface area contributed by atoms with Gasteiger partial charge in [0.1, 0.15) is 17.1 Å². The molecule has 1 saturated heterocycles. The highest BCUT2D eigenvalue weighted by Crippen LogP contribution is 2.30. The summed E-state index contributed by atoms with van der Waals surface area (Å²) in [5.41, 5.74) is 1.07. The summed E-state index contributed by atoms with van der Waals surface area (Å²) in [7, 11) is 0. The first-order valence-corrected chi connectivity index (χ1v) is 10.8. The number of ether oxygens (including phenoxy) is 1. The number of fused-ring (bicyclic) bond motifs is 1. The number of halogens is 1. The van der Waals surface area contributed by atoms with E-state index in [4.69, 9.17) is 4.74 Å². The zero-order valence-corrected chi connectivity index (χ0v) is 17.3. The molecule has 5 nitrogen and oxygen atoms in total. The van der Waals surface area contributed by atoms with E-state index in [2.05, 4.69) is 16.8 Å². The van der Waals surface area contributed by atoms with Crippen molar-refractivity contribution >= 4 is 32.6 Å². The maximum absolute atomic E-state index is 13.9. The summed E-state index contributed by atoms with van der Waals surface area (Å²) in [5.74, 6) is 0.459. The van der Waals surface area contributed by atoms with E-state index >= 15 is 0 Å². The molecule has 0 aliphatic carbocycles. The molecule has 0 N–H and O–H groups in total. The molecule has 2 aromatic carbocycles. The van der Waals surface area contributed by atoms with Gasteiger partial charge in [0.25, 0.3) is 5.91 Å². The first kappa shape index (κ1) is 19.6. The normalized spacial score (nSPS) is 14.4. The number of hydrogen-bond donors (Lipinski definition) is 0. The molecule has 0 radical (unpaired) electrons. The van der Waals surface area contributed by atoms with Gasteiger partial charge in [-0.25, -0.2) is 9.37 Å². The van der Waals surface area contributed by atoms with E-state index in [1.165, 1.54) is 17.4 Å². The number of nitrogens with zero attached hydrogens (tertiary/aromatic N) is 3. The molecule has 1 aliphatic rings. The van der Waals surface area contributed by atoms with Crippen molar-refractivity contribution in [3.05, 3.63) is 53.8 Å². The Kier molecular flexibility index (Phi) is 5.94. The minimum absolute atomic E-state index is 0.0148. The number of carbonyl (C=O) groups is 1. The van der Waals surface area contributed by atoms with E-state index in [-0.39, 0.29) is 11.7 Å². The second-order valence-corrected chi connectivity index (χ2v) is 8.10. The number of aromatic nitrogens is 1. The number of carbonyl (C=O) groups excluding carboxylic acids is 1. The Hall–Kier alpha value is -2.67. The summed E-state index contributed by atoms with van der Waals surface area (Å²) in [4.78, 5) is 21.3. The number of piperazine rings is 1. The Morgan fingerprint density at radius 1 is 1.17 bits per heavy atom. The molecular weight excluding hydrogens is 389 g/mol. The Labute approximate surface area is 173 Å². The fourth-order valence-corrected chi connectivity index (χ4v) is 4.41. The minimum atomic E-state index is -0.292. The molecule has 1 amide bonds. The lowest BCUT2D eigenvalue weighted by Gasteiger charge is -2.34. The third kappa shape index (κ3) is 4.34. The van der Waals surface area contributed by atoms with Crippen molar-refractivity contribution in [3.8, 4) is 5.75 Å². The number of anilines is 1. The topological polar surface area (TPSA) is 45.7 Å². The van der Waals surface area contributed by atoms with Gasteiger partial charge >= 0.3 is 0 Å². The molecule has 4 rings (SSSR count). The van der Waals surface area contributed by atoms with Gasteiger partial charge in [-0.15, -0.1) is 0 Å². The van der Waals surface area contributed by atoms with E-state index in [9.17, 15) is 9.18 Å². The first-order chi connectivity index (χ1) is 14.2. The van der Waals surface area contributed by atoms with Crippen LogP contribution in [0.4, 0.5) is 9.52 Å². The fraction of sp³-hybridized carbons (Fsp3) is 0.364. The van der Waals surface area contributed by atoms with Crippen molar-refractivity contribution in [2.45, 2.75) is 19.8 Å². The minimum Gasteiger partial charge on any atom is -0.494 e. The van der Waals surface area contributed by atoms with Gasteiger partial charge in [0.05, 0.1) is 11.3 Å². The van der Waals surface area contributed by atoms with Crippen molar-refractivity contribution < 1.29 is 13.9 Å². The summed E-state index contributed by atoms with van der Waals surface area (Å²) < 4.78 is 20.5. The zero-order valence-electron chi connectivity index (χ0n) is 16.4. The van der Waals surface area contributed by atoms with Crippen molar-refractivity contribution in [1.82, 2.24) is 9.88 Å². The lowest BCUT2D eigenvalue weighted by molar-refractivity contribution is 0.0746. The fourth-order valence-electron chi connectivity index (χ4n) is 3.38. The summed E-state index contributed by atoms with van der Waals surface area (Å²) in [5, 5.41) is 0.809. The highest BCUT2D eigenvalue weighted by molar-refractivity contribution is 7.22. The highest BCUT2D eigenvalue weighted by atomic mass is 32.1. The van der Waals surface area contributed by atoms with Crippen molar-refractivity contribution in [1.29, 1.82) is 0 Å². The number of unbranched alkanes of at least 4 members (excludes halogenated alkanes) is 1. The largest absolute Gasteiger partial charge is 0.494 e. The number of para-hydroxylation sites is 1. The predicted molar refractivity (Wildman–Crippen MR) is 115 cm³/mol. The van der Waals surface area contributed by atoms with Crippen LogP contribution in [0.25, 0.3) is 10.2 Å². The molecule has 2 heterocycles. The lowest BCUT2D eigenvalue weighted by Crippen LogP contribution is -2.48. The maximum Gasteiger partial charge on any atom is 0.254 e. The Morgan fingerprint density at radius 2 is 1.97 bits per heavy atom. The summed E-state index contributed by atoms with van der Waals surface area (Å²) >= 11 is 1.49. The Morgan fingerprint density at radius 3 is 2.72 bits per heavy atom. The second kappa shape index (κ2) is 8.78. The monoisotopic (exact) mass is 413 g/mol. The lowest BCUT2D eigenvalue weighted by atomic mass is 10.1. The van der Waals surface area contributed by atoms with Crippen molar-refractivity contribution in [3.63, 3.8) is 0 Å². The molecule has 0 saturated carbocycles. The molecule has 7 heteroatoms. The highest BCUT2D eigenvalue weighted by Gasteiger charge is 2.24. The summed E-state index contributed by atoms with van der Waals surface area (Å²) in [6, 6.07) is 12.4. The molecular formula is C22H24FN3O2S. The Balaban J connectivity index is 1.39. The molecule has 1 aliphatic heterocycles. The van der Waals surface area contributed by atoms with Gasteiger partial charge in [0.2, 0.25) is 0 Å². The maximum atomic E-state index is 13.9.